The van der Waals surface area contributed by atoms with E-state index in [2.05, 4.69) is 50.3 Å². The number of H-pyrrole nitrogens is 1. The third-order valence-electron chi connectivity index (χ3n) is 13.0. The number of carbonyl (C=O) groups is 3. The van der Waals surface area contributed by atoms with E-state index in [9.17, 15) is 24.4 Å². The van der Waals surface area contributed by atoms with Gasteiger partial charge in [-0.3, -0.25) is 34.0 Å². The number of piperidine rings is 1. The molecule has 0 radical (unpaired) electrons. The van der Waals surface area contributed by atoms with Crippen molar-refractivity contribution in [2.24, 2.45) is 5.92 Å². The zero-order chi connectivity index (χ0) is 49.3. The second-order valence-electron chi connectivity index (χ2n) is 17.9. The van der Waals surface area contributed by atoms with Gasteiger partial charge in [-0.2, -0.15) is 5.26 Å². The van der Waals surface area contributed by atoms with Crippen molar-refractivity contribution in [1.82, 2.24) is 40.1 Å². The van der Waals surface area contributed by atoms with Crippen LogP contribution >= 0.6 is 23.8 Å². The third-order valence-corrected chi connectivity index (χ3v) is 13.6. The number of anilines is 5. The fraction of sp³-hybridized carbons (Fsp3) is 0.327. The smallest absolute Gasteiger partial charge is 0.269 e. The molecule has 9 rings (SSSR count). The predicted molar refractivity (Wildman–Crippen MR) is 268 cm³/mol. The van der Waals surface area contributed by atoms with Gasteiger partial charge < -0.3 is 30.3 Å². The Labute approximate surface area is 412 Å². The highest BCUT2D eigenvalue weighted by atomic mass is 35.5. The van der Waals surface area contributed by atoms with Gasteiger partial charge in [-0.05, 0) is 105 Å². The van der Waals surface area contributed by atoms with Crippen molar-refractivity contribution in [1.29, 1.82) is 5.26 Å². The average Bonchev–Trinajstić information content (AvgIpc) is 3.54. The molecule has 0 bridgehead atoms. The fourth-order valence-corrected chi connectivity index (χ4v) is 9.70. The lowest BCUT2D eigenvalue weighted by molar-refractivity contribution is -0.120. The van der Waals surface area contributed by atoms with Crippen LogP contribution in [0.2, 0.25) is 5.02 Å². The van der Waals surface area contributed by atoms with Crippen LogP contribution in [-0.4, -0.2) is 109 Å². The number of rotatable bonds is 12. The molecule has 8 heterocycles. The molecule has 5 aromatic heterocycles. The van der Waals surface area contributed by atoms with Crippen molar-refractivity contribution >= 4 is 86.4 Å². The zero-order valence-corrected chi connectivity index (χ0v) is 40.2. The van der Waals surface area contributed by atoms with Crippen molar-refractivity contribution in [2.45, 2.75) is 52.1 Å². The SMILES string of the molecule is CCc1cc2ncc(CN3CCN(c4ccc(C(=O)NCC5CCN(c6ncc(NC(=O)c7ccc(N8C(=S)N(c9cnc(C#N)c(Cl)c9)C(=O)C8(C)C)cc7F)cn6)CC5)nc4)CC3)cc2[nH]c1=O. The minimum Gasteiger partial charge on any atom is -0.368 e. The van der Waals surface area contributed by atoms with Crippen LogP contribution in [0, 0.1) is 23.1 Å². The number of amides is 3. The molecular weight excluding hydrogens is 935 g/mol. The number of nitrogens with one attached hydrogen (secondary N) is 3. The van der Waals surface area contributed by atoms with Gasteiger partial charge in [-0.25, -0.2) is 24.3 Å². The van der Waals surface area contributed by atoms with E-state index < -0.39 is 23.2 Å². The Bertz CT molecular complexity index is 3120. The van der Waals surface area contributed by atoms with E-state index in [0.29, 0.717) is 37.7 Å². The molecule has 0 saturated carbocycles. The highest BCUT2D eigenvalue weighted by Gasteiger charge is 2.50. The number of pyridine rings is 4. The number of nitrogens with zero attached hydrogens (tertiary/aromatic N) is 11. The quantitative estimate of drug-likeness (QED) is 0.123. The van der Waals surface area contributed by atoms with Crippen molar-refractivity contribution < 1.29 is 18.8 Å². The molecule has 3 N–H and O–H groups in total. The molecule has 0 spiro atoms. The summed E-state index contributed by atoms with van der Waals surface area (Å²) < 4.78 is 15.6. The highest BCUT2D eigenvalue weighted by molar-refractivity contribution is 7.81. The van der Waals surface area contributed by atoms with Crippen LogP contribution in [0.15, 0.2) is 84.3 Å². The number of carbonyl (C=O) groups excluding carboxylic acids is 3. The summed E-state index contributed by atoms with van der Waals surface area (Å²) in [5.74, 6) is -1.46. The van der Waals surface area contributed by atoms with E-state index in [0.717, 1.165) is 79.5 Å². The van der Waals surface area contributed by atoms with Crippen LogP contribution in [0.1, 0.15) is 71.3 Å². The molecule has 21 heteroatoms. The summed E-state index contributed by atoms with van der Waals surface area (Å²) in [5, 5.41) is 15.0. The first-order chi connectivity index (χ1) is 33.7. The summed E-state index contributed by atoms with van der Waals surface area (Å²) in [4.78, 5) is 86.5. The maximum atomic E-state index is 15.6. The lowest BCUT2D eigenvalue weighted by Crippen LogP contribution is -2.46. The Morgan fingerprint density at radius 1 is 0.871 bits per heavy atom. The monoisotopic (exact) mass is 982 g/mol. The normalized spacial score (nSPS) is 16.5. The molecule has 3 fully saturated rings. The van der Waals surface area contributed by atoms with Crippen LogP contribution in [0.5, 0.6) is 0 Å². The largest absolute Gasteiger partial charge is 0.368 e. The van der Waals surface area contributed by atoms with E-state index >= 15 is 4.39 Å². The first-order valence-corrected chi connectivity index (χ1v) is 23.6. The fourth-order valence-electron chi connectivity index (χ4n) is 8.97. The Morgan fingerprint density at radius 3 is 2.27 bits per heavy atom. The van der Waals surface area contributed by atoms with Crippen LogP contribution < -0.4 is 35.8 Å². The summed E-state index contributed by atoms with van der Waals surface area (Å²) in [5.41, 5.74) is 3.87. The Hall–Kier alpha value is -7.47. The van der Waals surface area contributed by atoms with Gasteiger partial charge in [0.2, 0.25) is 5.95 Å². The number of thiocarbonyl (C=S) groups is 1. The summed E-state index contributed by atoms with van der Waals surface area (Å²) in [7, 11) is 0. The van der Waals surface area contributed by atoms with E-state index in [1.807, 2.05) is 42.3 Å². The third kappa shape index (κ3) is 9.72. The van der Waals surface area contributed by atoms with Gasteiger partial charge in [0, 0.05) is 69.8 Å². The number of benzene rings is 1. The van der Waals surface area contributed by atoms with E-state index in [-0.39, 0.29) is 55.8 Å². The second kappa shape index (κ2) is 19.9. The number of nitriles is 1. The molecule has 1 aromatic carbocycles. The number of halogens is 2. The molecule has 0 aliphatic carbocycles. The van der Waals surface area contributed by atoms with E-state index in [4.69, 9.17) is 23.8 Å². The molecule has 0 atom stereocenters. The molecule has 3 aliphatic heterocycles. The molecule has 358 valence electrons. The molecule has 3 amide bonds. The summed E-state index contributed by atoms with van der Waals surface area (Å²) in [6.07, 6.45) is 10.1. The van der Waals surface area contributed by atoms with E-state index in [1.54, 1.807) is 26.1 Å². The lowest BCUT2D eigenvalue weighted by atomic mass is 9.97. The van der Waals surface area contributed by atoms with Crippen LogP contribution in [0.4, 0.5) is 33.1 Å². The van der Waals surface area contributed by atoms with E-state index in [1.165, 1.54) is 46.6 Å². The van der Waals surface area contributed by atoms with Gasteiger partial charge in [0.05, 0.1) is 63.5 Å². The minimum atomic E-state index is -1.24. The molecule has 18 nitrogen and oxygen atoms in total. The van der Waals surface area contributed by atoms with Crippen molar-refractivity contribution in [3.05, 3.63) is 129 Å². The number of piperazine rings is 1. The molecule has 3 saturated heterocycles. The van der Waals surface area contributed by atoms with Crippen molar-refractivity contribution in [2.75, 3.05) is 70.7 Å². The van der Waals surface area contributed by atoms with Crippen LogP contribution in [0.25, 0.3) is 11.0 Å². The second-order valence-corrected chi connectivity index (χ2v) is 18.7. The minimum absolute atomic E-state index is 0.00517. The molecule has 3 aliphatic rings. The zero-order valence-electron chi connectivity index (χ0n) is 38.6. The van der Waals surface area contributed by atoms with Crippen LogP contribution in [-0.2, 0) is 17.8 Å². The lowest BCUT2D eigenvalue weighted by Gasteiger charge is -2.36. The Morgan fingerprint density at radius 2 is 1.60 bits per heavy atom. The first-order valence-electron chi connectivity index (χ1n) is 22.9. The Balaban J connectivity index is 0.713. The topological polar surface area (TPSA) is 213 Å². The maximum absolute atomic E-state index is 15.6. The Kier molecular flexibility index (Phi) is 13.5. The van der Waals surface area contributed by atoms with Gasteiger partial charge in [0.25, 0.3) is 23.3 Å². The van der Waals surface area contributed by atoms with Gasteiger partial charge in [-0.15, -0.1) is 0 Å². The number of aryl methyl sites for hydroxylation is 1. The number of hydrogen-bond acceptors (Lipinski definition) is 14. The predicted octanol–water partition coefficient (Wildman–Crippen LogP) is 5.87. The van der Waals surface area contributed by atoms with Gasteiger partial charge in [-0.1, -0.05) is 18.5 Å². The van der Waals surface area contributed by atoms with Gasteiger partial charge in [0.1, 0.15) is 23.1 Å². The summed E-state index contributed by atoms with van der Waals surface area (Å²) in [6, 6.07) is 14.8. The molecule has 70 heavy (non-hydrogen) atoms. The van der Waals surface area contributed by atoms with Gasteiger partial charge in [0.15, 0.2) is 10.8 Å². The number of aromatic amines is 1. The summed E-state index contributed by atoms with van der Waals surface area (Å²) in [6.45, 7) is 11.1. The summed E-state index contributed by atoms with van der Waals surface area (Å²) >= 11 is 11.8. The average molecular weight is 984 g/mol. The number of aromatic nitrogens is 6. The maximum Gasteiger partial charge on any atom is 0.269 e. The van der Waals surface area contributed by atoms with Crippen molar-refractivity contribution in [3.8, 4) is 6.07 Å². The first kappa shape index (κ1) is 47.6. The van der Waals surface area contributed by atoms with Crippen molar-refractivity contribution in [3.63, 3.8) is 0 Å². The molecule has 0 unspecified atom stereocenters. The molecular formula is C49H48ClFN14O4S. The highest BCUT2D eigenvalue weighted by Crippen LogP contribution is 2.38. The number of fused-ring (bicyclic) bond motifs is 1. The number of hydrogen-bond donors (Lipinski definition) is 3. The standard InChI is InChI=1S/C49H48ClFN14O4S/c1-4-31-18-40-41(60-43(31)66)17-30(23-53-40)28-61-13-15-62(16-14-61)34-6-8-39(54-26-34)45(68)56-22-29-9-11-63(12-10-29)47-57-24-32(25-58-47)59-44(67)36-7-5-33(20-38(36)51)65-48(70)64(46(69)49(65,2)3)35-19-37(50)42(21-52)55-27-35/h5-8,17-20,23-27,29H,4,9-16,22,28H2,1-3H3,(H,56,68)(H,59,67)(H,60,66). The van der Waals surface area contributed by atoms with Crippen LogP contribution in [0.3, 0.4) is 0 Å². The van der Waals surface area contributed by atoms with Gasteiger partial charge >= 0.3 is 0 Å². The molecule has 6 aromatic rings.